The lowest BCUT2D eigenvalue weighted by molar-refractivity contribution is 0.581. The monoisotopic (exact) mass is 368 g/mol. The molecule has 0 heterocycles. The molecule has 2 aromatic rings. The smallest absolute Gasteiger partial charge is 0.240 e. The first-order valence-corrected chi connectivity index (χ1v) is 8.77. The van der Waals surface area contributed by atoms with Gasteiger partial charge in [-0.2, -0.15) is 0 Å². The first-order valence-electron chi connectivity index (χ1n) is 6.49. The second-order valence-corrected chi connectivity index (χ2v) is 7.40. The molecule has 4 nitrogen and oxygen atoms in total. The fraction of sp³-hybridized carbons (Fsp3) is 0.200. The zero-order valence-electron chi connectivity index (χ0n) is 11.6. The molecule has 0 amide bonds. The number of nitrogens with one attached hydrogen (secondary N) is 1. The van der Waals surface area contributed by atoms with E-state index in [-0.39, 0.29) is 4.90 Å². The summed E-state index contributed by atoms with van der Waals surface area (Å²) in [4.78, 5) is 0.211. The van der Waals surface area contributed by atoms with E-state index in [1.165, 1.54) is 0 Å². The highest BCUT2D eigenvalue weighted by molar-refractivity contribution is 9.10. The molecule has 0 saturated heterocycles. The van der Waals surface area contributed by atoms with E-state index in [0.29, 0.717) is 28.7 Å². The second-order valence-electron chi connectivity index (χ2n) is 4.75. The van der Waals surface area contributed by atoms with Crippen LogP contribution >= 0.6 is 15.9 Å². The van der Waals surface area contributed by atoms with E-state index in [4.69, 9.17) is 5.73 Å². The van der Waals surface area contributed by atoms with Crippen molar-refractivity contribution in [3.63, 3.8) is 0 Å². The number of halogens is 1. The molecular formula is C15H17BrN2O2S. The van der Waals surface area contributed by atoms with Crippen LogP contribution in [0.2, 0.25) is 0 Å². The van der Waals surface area contributed by atoms with Gasteiger partial charge in [-0.1, -0.05) is 46.3 Å². The normalized spacial score (nSPS) is 11.5. The van der Waals surface area contributed by atoms with Gasteiger partial charge in [-0.05, 0) is 36.6 Å². The Kier molecular flexibility index (Phi) is 5.03. The fourth-order valence-electron chi connectivity index (χ4n) is 2.01. The Bertz CT molecular complexity index is 731. The van der Waals surface area contributed by atoms with Crippen LogP contribution in [0.15, 0.2) is 51.8 Å². The average molecular weight is 369 g/mol. The zero-order valence-corrected chi connectivity index (χ0v) is 14.0. The Hall–Kier alpha value is -1.37. The van der Waals surface area contributed by atoms with Gasteiger partial charge in [0.1, 0.15) is 0 Å². The van der Waals surface area contributed by atoms with Crippen molar-refractivity contribution in [2.24, 2.45) is 0 Å². The molecule has 21 heavy (non-hydrogen) atoms. The molecule has 112 valence electrons. The van der Waals surface area contributed by atoms with E-state index >= 15 is 0 Å². The van der Waals surface area contributed by atoms with Crippen LogP contribution in [0, 0.1) is 6.92 Å². The Balaban J connectivity index is 2.12. The van der Waals surface area contributed by atoms with Crippen molar-refractivity contribution in [1.82, 2.24) is 4.72 Å². The van der Waals surface area contributed by atoms with Gasteiger partial charge < -0.3 is 5.73 Å². The van der Waals surface area contributed by atoms with Gasteiger partial charge in [0.25, 0.3) is 0 Å². The lowest BCUT2D eigenvalue weighted by atomic mass is 10.2. The van der Waals surface area contributed by atoms with Crippen molar-refractivity contribution in [3.05, 3.63) is 58.1 Å². The zero-order chi connectivity index (χ0) is 15.5. The molecule has 0 aliphatic carbocycles. The third-order valence-corrected chi connectivity index (χ3v) is 5.25. The number of nitrogen functional groups attached to an aromatic ring is 1. The molecular weight excluding hydrogens is 352 g/mol. The lowest BCUT2D eigenvalue weighted by Crippen LogP contribution is -2.26. The van der Waals surface area contributed by atoms with E-state index in [2.05, 4.69) is 20.7 Å². The summed E-state index contributed by atoms with van der Waals surface area (Å²) in [7, 11) is -3.57. The maximum absolute atomic E-state index is 12.4. The van der Waals surface area contributed by atoms with Gasteiger partial charge in [0.2, 0.25) is 10.0 Å². The minimum atomic E-state index is -3.57. The van der Waals surface area contributed by atoms with Crippen molar-refractivity contribution in [2.75, 3.05) is 12.3 Å². The molecule has 6 heteroatoms. The molecule has 2 aromatic carbocycles. The van der Waals surface area contributed by atoms with Gasteiger partial charge in [-0.3, -0.25) is 0 Å². The van der Waals surface area contributed by atoms with Gasteiger partial charge in [0.05, 0.1) is 4.90 Å². The molecule has 0 fully saturated rings. The number of sulfonamides is 1. The molecule has 0 aliphatic heterocycles. The minimum absolute atomic E-state index is 0.211. The molecule has 0 bridgehead atoms. The van der Waals surface area contributed by atoms with Crippen molar-refractivity contribution in [1.29, 1.82) is 0 Å². The van der Waals surface area contributed by atoms with E-state index in [0.717, 1.165) is 5.56 Å². The van der Waals surface area contributed by atoms with Crippen LogP contribution in [0.25, 0.3) is 0 Å². The number of nitrogens with two attached hydrogens (primary N) is 1. The number of hydrogen-bond acceptors (Lipinski definition) is 3. The van der Waals surface area contributed by atoms with Crippen LogP contribution in [-0.4, -0.2) is 15.0 Å². The topological polar surface area (TPSA) is 72.2 Å². The summed E-state index contributed by atoms with van der Waals surface area (Å²) in [5.41, 5.74) is 7.92. The largest absolute Gasteiger partial charge is 0.398 e. The van der Waals surface area contributed by atoms with Crippen LogP contribution in [0.5, 0.6) is 0 Å². The molecule has 2 rings (SSSR count). The highest BCUT2D eigenvalue weighted by atomic mass is 79.9. The van der Waals surface area contributed by atoms with Gasteiger partial charge in [0.15, 0.2) is 0 Å². The predicted molar refractivity (Wildman–Crippen MR) is 88.6 cm³/mol. The van der Waals surface area contributed by atoms with Crippen molar-refractivity contribution < 1.29 is 8.42 Å². The summed E-state index contributed by atoms with van der Waals surface area (Å²) >= 11 is 3.27. The summed E-state index contributed by atoms with van der Waals surface area (Å²) in [5.74, 6) is 0. The van der Waals surface area contributed by atoms with Crippen molar-refractivity contribution in [2.45, 2.75) is 18.2 Å². The SMILES string of the molecule is Cc1c(N)cc(Br)cc1S(=O)(=O)NCCc1ccccc1. The Labute approximate surface area is 133 Å². The number of benzene rings is 2. The van der Waals surface area contributed by atoms with Crippen LogP contribution < -0.4 is 10.5 Å². The summed E-state index contributed by atoms with van der Waals surface area (Å²) in [5, 5.41) is 0. The Morgan fingerprint density at radius 1 is 1.19 bits per heavy atom. The van der Waals surface area contributed by atoms with Crippen LogP contribution in [0.3, 0.4) is 0 Å². The maximum atomic E-state index is 12.4. The highest BCUT2D eigenvalue weighted by Crippen LogP contribution is 2.26. The minimum Gasteiger partial charge on any atom is -0.398 e. The number of anilines is 1. The summed E-state index contributed by atoms with van der Waals surface area (Å²) < 4.78 is 28.0. The van der Waals surface area contributed by atoms with Gasteiger partial charge >= 0.3 is 0 Å². The quantitative estimate of drug-likeness (QED) is 0.796. The van der Waals surface area contributed by atoms with Crippen molar-refractivity contribution >= 4 is 31.6 Å². The standard InChI is InChI=1S/C15H17BrN2O2S/c1-11-14(17)9-13(16)10-15(11)21(19,20)18-8-7-12-5-3-2-4-6-12/h2-6,9-10,18H,7-8,17H2,1H3. The lowest BCUT2D eigenvalue weighted by Gasteiger charge is -2.11. The molecule has 0 unspecified atom stereocenters. The molecule has 3 N–H and O–H groups in total. The third-order valence-electron chi connectivity index (χ3n) is 3.20. The molecule has 0 aliphatic rings. The highest BCUT2D eigenvalue weighted by Gasteiger charge is 2.18. The van der Waals surface area contributed by atoms with E-state index in [9.17, 15) is 8.42 Å². The van der Waals surface area contributed by atoms with Crippen LogP contribution in [-0.2, 0) is 16.4 Å². The van der Waals surface area contributed by atoms with E-state index < -0.39 is 10.0 Å². The van der Waals surface area contributed by atoms with Gasteiger partial charge in [-0.25, -0.2) is 13.1 Å². The fourth-order valence-corrected chi connectivity index (χ4v) is 3.96. The summed E-state index contributed by atoms with van der Waals surface area (Å²) in [6, 6.07) is 13.0. The average Bonchev–Trinajstić information content (AvgIpc) is 2.43. The first kappa shape index (κ1) is 16.0. The predicted octanol–water partition coefficient (Wildman–Crippen LogP) is 2.86. The van der Waals surface area contributed by atoms with Gasteiger partial charge in [-0.15, -0.1) is 0 Å². The summed E-state index contributed by atoms with van der Waals surface area (Å²) in [6.45, 7) is 2.05. The molecule has 0 aromatic heterocycles. The van der Waals surface area contributed by atoms with Gasteiger partial charge in [0, 0.05) is 16.7 Å². The third kappa shape index (κ3) is 4.06. The number of rotatable bonds is 5. The van der Waals surface area contributed by atoms with E-state index in [1.807, 2.05) is 30.3 Å². The second kappa shape index (κ2) is 6.60. The van der Waals surface area contributed by atoms with Crippen molar-refractivity contribution in [3.8, 4) is 0 Å². The summed E-state index contributed by atoms with van der Waals surface area (Å²) in [6.07, 6.45) is 0.641. The van der Waals surface area contributed by atoms with Crippen LogP contribution in [0.4, 0.5) is 5.69 Å². The van der Waals surface area contributed by atoms with Crippen LogP contribution in [0.1, 0.15) is 11.1 Å². The number of hydrogen-bond donors (Lipinski definition) is 2. The van der Waals surface area contributed by atoms with E-state index in [1.54, 1.807) is 19.1 Å². The Morgan fingerprint density at radius 3 is 2.52 bits per heavy atom. The molecule has 0 atom stereocenters. The maximum Gasteiger partial charge on any atom is 0.240 e. The molecule has 0 saturated carbocycles. The molecule has 0 radical (unpaired) electrons. The Morgan fingerprint density at radius 2 is 1.86 bits per heavy atom. The molecule has 0 spiro atoms. The first-order chi connectivity index (χ1) is 9.90.